The largest absolute Gasteiger partial charge is 0.490 e. The van der Waals surface area contributed by atoms with Crippen molar-refractivity contribution >= 4 is 5.91 Å². The number of carbonyl (C=O) groups is 1. The molecule has 2 aromatic carbocycles. The first-order valence-electron chi connectivity index (χ1n) is 9.46. The van der Waals surface area contributed by atoms with Gasteiger partial charge >= 0.3 is 6.18 Å². The van der Waals surface area contributed by atoms with Crippen molar-refractivity contribution in [2.75, 3.05) is 13.2 Å². The van der Waals surface area contributed by atoms with Crippen LogP contribution >= 0.6 is 0 Å². The molecule has 156 valence electrons. The number of alkyl halides is 3. The van der Waals surface area contributed by atoms with Gasteiger partial charge in [0, 0.05) is 6.54 Å². The Morgan fingerprint density at radius 1 is 1.17 bits per heavy atom. The van der Waals surface area contributed by atoms with E-state index < -0.39 is 23.3 Å². The van der Waals surface area contributed by atoms with E-state index in [-0.39, 0.29) is 19.1 Å². The number of aliphatic hydroxyl groups excluding tert-OH is 1. The molecule has 0 radical (unpaired) electrons. The molecule has 2 N–H and O–H groups in total. The molecular weight excluding hydrogens is 383 g/mol. The van der Waals surface area contributed by atoms with Crippen LogP contribution in [-0.2, 0) is 16.4 Å². The minimum Gasteiger partial charge on any atom is -0.490 e. The van der Waals surface area contributed by atoms with Crippen molar-refractivity contribution in [2.24, 2.45) is 0 Å². The predicted molar refractivity (Wildman–Crippen MR) is 103 cm³/mol. The summed E-state index contributed by atoms with van der Waals surface area (Å²) < 4.78 is 44.6. The van der Waals surface area contributed by atoms with E-state index in [1.165, 1.54) is 6.07 Å². The maximum atomic E-state index is 13.0. The van der Waals surface area contributed by atoms with Crippen LogP contribution in [0, 0.1) is 13.8 Å². The third-order valence-electron chi connectivity index (χ3n) is 5.25. The summed E-state index contributed by atoms with van der Waals surface area (Å²) in [5.74, 6) is 0.323. The van der Waals surface area contributed by atoms with Gasteiger partial charge in [0.1, 0.15) is 18.5 Å². The lowest BCUT2D eigenvalue weighted by Gasteiger charge is -2.20. The number of hydrogen-bond acceptors (Lipinski definition) is 3. The van der Waals surface area contributed by atoms with E-state index in [0.29, 0.717) is 24.2 Å². The lowest BCUT2D eigenvalue weighted by atomic mass is 9.93. The van der Waals surface area contributed by atoms with Crippen LogP contribution < -0.4 is 10.1 Å². The predicted octanol–water partition coefficient (Wildman–Crippen LogP) is 3.91. The summed E-state index contributed by atoms with van der Waals surface area (Å²) in [5.41, 5.74) is 0.529. The number of hydrogen-bond donors (Lipinski definition) is 2. The lowest BCUT2D eigenvalue weighted by molar-refractivity contribution is -0.137. The van der Waals surface area contributed by atoms with Crippen LogP contribution in [0.5, 0.6) is 5.75 Å². The van der Waals surface area contributed by atoms with Gasteiger partial charge in [-0.25, -0.2) is 0 Å². The van der Waals surface area contributed by atoms with Crippen molar-refractivity contribution < 1.29 is 27.8 Å². The zero-order valence-corrected chi connectivity index (χ0v) is 16.3. The first kappa shape index (κ1) is 21.2. The monoisotopic (exact) mass is 407 g/mol. The van der Waals surface area contributed by atoms with E-state index in [1.54, 1.807) is 6.07 Å². The number of rotatable bonds is 7. The van der Waals surface area contributed by atoms with Gasteiger partial charge in [-0.3, -0.25) is 4.79 Å². The van der Waals surface area contributed by atoms with Crippen LogP contribution in [0.3, 0.4) is 0 Å². The highest BCUT2D eigenvalue weighted by Crippen LogP contribution is 2.49. The average molecular weight is 407 g/mol. The summed E-state index contributed by atoms with van der Waals surface area (Å²) >= 11 is 0. The standard InChI is InChI=1S/C22H24F3NO3/c1-14-5-3-6-15(2)19(14)29-13-18(27)12-26-20(28)21(9-10-21)16-7-4-8-17(11-16)22(23,24)25/h3-8,11,18,27H,9-10,12-13H2,1-2H3,(H,26,28). The van der Waals surface area contributed by atoms with E-state index in [9.17, 15) is 23.1 Å². The summed E-state index contributed by atoms with van der Waals surface area (Å²) in [4.78, 5) is 12.6. The summed E-state index contributed by atoms with van der Waals surface area (Å²) in [7, 11) is 0. The second kappa shape index (κ2) is 8.06. The van der Waals surface area contributed by atoms with Crippen LogP contribution in [0.2, 0.25) is 0 Å². The Hall–Kier alpha value is -2.54. The molecule has 0 saturated heterocycles. The zero-order chi connectivity index (χ0) is 21.2. The first-order chi connectivity index (χ1) is 13.6. The fraction of sp³-hybridized carbons (Fsp3) is 0.409. The third kappa shape index (κ3) is 4.72. The number of benzene rings is 2. The molecule has 1 aliphatic rings. The molecule has 1 atom stereocenters. The Morgan fingerprint density at radius 2 is 1.79 bits per heavy atom. The van der Waals surface area contributed by atoms with Crippen LogP contribution in [0.4, 0.5) is 13.2 Å². The second-order valence-corrected chi connectivity index (χ2v) is 7.56. The van der Waals surface area contributed by atoms with Gasteiger partial charge < -0.3 is 15.2 Å². The number of amides is 1. The topological polar surface area (TPSA) is 58.6 Å². The number of ether oxygens (including phenoxy) is 1. The number of halogens is 3. The third-order valence-corrected chi connectivity index (χ3v) is 5.25. The van der Waals surface area contributed by atoms with E-state index >= 15 is 0 Å². The highest BCUT2D eigenvalue weighted by molar-refractivity contribution is 5.91. The molecule has 1 aliphatic carbocycles. The SMILES string of the molecule is Cc1cccc(C)c1OCC(O)CNC(=O)C1(c2cccc(C(F)(F)F)c2)CC1. The number of carbonyl (C=O) groups excluding carboxylic acids is 1. The second-order valence-electron chi connectivity index (χ2n) is 7.56. The average Bonchev–Trinajstić information content (AvgIpc) is 3.47. The molecule has 0 heterocycles. The van der Waals surface area contributed by atoms with Crippen LogP contribution in [-0.4, -0.2) is 30.3 Å². The van der Waals surface area contributed by atoms with E-state index in [0.717, 1.165) is 23.3 Å². The molecule has 0 aromatic heterocycles. The minimum absolute atomic E-state index is 0.00251. The van der Waals surface area contributed by atoms with Crippen LogP contribution in [0.1, 0.15) is 35.1 Å². The normalized spacial score (nSPS) is 16.2. The molecular formula is C22H24F3NO3. The molecule has 1 fully saturated rings. The lowest BCUT2D eigenvalue weighted by Crippen LogP contribution is -2.41. The van der Waals surface area contributed by atoms with Gasteiger partial charge in [0.2, 0.25) is 5.91 Å². The Bertz CT molecular complexity index is 871. The molecule has 3 rings (SSSR count). The highest BCUT2D eigenvalue weighted by atomic mass is 19.4. The number of para-hydroxylation sites is 1. The molecule has 2 aromatic rings. The highest BCUT2D eigenvalue weighted by Gasteiger charge is 2.51. The molecule has 29 heavy (non-hydrogen) atoms. The number of aliphatic hydroxyl groups is 1. The van der Waals surface area contributed by atoms with E-state index in [2.05, 4.69) is 5.32 Å². The van der Waals surface area contributed by atoms with E-state index in [4.69, 9.17) is 4.74 Å². The van der Waals surface area contributed by atoms with Crippen molar-refractivity contribution in [3.8, 4) is 5.75 Å². The van der Waals surface area contributed by atoms with Crippen molar-refractivity contribution in [3.63, 3.8) is 0 Å². The van der Waals surface area contributed by atoms with Gasteiger partial charge in [0.05, 0.1) is 11.0 Å². The smallest absolute Gasteiger partial charge is 0.416 e. The summed E-state index contributed by atoms with van der Waals surface area (Å²) in [6.45, 7) is 3.78. The molecule has 4 nitrogen and oxygen atoms in total. The van der Waals surface area contributed by atoms with Crippen molar-refractivity contribution in [1.82, 2.24) is 5.32 Å². The minimum atomic E-state index is -4.45. The van der Waals surface area contributed by atoms with Gasteiger partial charge in [-0.15, -0.1) is 0 Å². The van der Waals surface area contributed by atoms with Crippen molar-refractivity contribution in [3.05, 3.63) is 64.7 Å². The summed E-state index contributed by atoms with van der Waals surface area (Å²) in [6.07, 6.45) is -4.43. The number of aryl methyl sites for hydroxylation is 2. The van der Waals surface area contributed by atoms with E-state index in [1.807, 2.05) is 32.0 Å². The van der Waals surface area contributed by atoms with Gasteiger partial charge in [-0.1, -0.05) is 36.4 Å². The van der Waals surface area contributed by atoms with Gasteiger partial charge in [0.25, 0.3) is 0 Å². The molecule has 0 aliphatic heterocycles. The number of nitrogens with one attached hydrogen (secondary N) is 1. The Balaban J connectivity index is 1.58. The van der Waals surface area contributed by atoms with Crippen molar-refractivity contribution in [1.29, 1.82) is 0 Å². The maximum absolute atomic E-state index is 13.0. The maximum Gasteiger partial charge on any atom is 0.416 e. The molecule has 1 unspecified atom stereocenters. The summed E-state index contributed by atoms with van der Waals surface area (Å²) in [5, 5.41) is 12.8. The first-order valence-corrected chi connectivity index (χ1v) is 9.46. The Kier molecular flexibility index (Phi) is 5.89. The van der Waals surface area contributed by atoms with Crippen LogP contribution in [0.15, 0.2) is 42.5 Å². The summed E-state index contributed by atoms with van der Waals surface area (Å²) in [6, 6.07) is 10.6. The fourth-order valence-corrected chi connectivity index (χ4v) is 3.41. The Labute approximate surface area is 167 Å². The van der Waals surface area contributed by atoms with Gasteiger partial charge in [-0.2, -0.15) is 13.2 Å². The molecule has 0 bridgehead atoms. The zero-order valence-electron chi connectivity index (χ0n) is 16.3. The molecule has 7 heteroatoms. The fourth-order valence-electron chi connectivity index (χ4n) is 3.41. The molecule has 1 amide bonds. The van der Waals surface area contributed by atoms with Gasteiger partial charge in [0.15, 0.2) is 0 Å². The Morgan fingerprint density at radius 3 is 2.38 bits per heavy atom. The molecule has 1 saturated carbocycles. The van der Waals surface area contributed by atoms with Gasteiger partial charge in [-0.05, 0) is 49.4 Å². The molecule has 0 spiro atoms. The quantitative estimate of drug-likeness (QED) is 0.732. The van der Waals surface area contributed by atoms with Crippen LogP contribution in [0.25, 0.3) is 0 Å². The van der Waals surface area contributed by atoms with Crippen molar-refractivity contribution in [2.45, 2.75) is 44.4 Å².